The lowest BCUT2D eigenvalue weighted by Gasteiger charge is -2.32. The van der Waals surface area contributed by atoms with E-state index in [-0.39, 0.29) is 24.7 Å². The van der Waals surface area contributed by atoms with E-state index in [1.165, 1.54) is 11.1 Å². The smallest absolute Gasteiger partial charge is 0.227 e. The van der Waals surface area contributed by atoms with Crippen LogP contribution in [0.5, 0.6) is 0 Å². The molecule has 2 aliphatic carbocycles. The lowest BCUT2D eigenvalue weighted by atomic mass is 9.87. The summed E-state index contributed by atoms with van der Waals surface area (Å²) >= 11 is 0. The lowest BCUT2D eigenvalue weighted by molar-refractivity contribution is -0.131. The quantitative estimate of drug-likeness (QED) is 0.278. The van der Waals surface area contributed by atoms with E-state index in [1.54, 1.807) is 0 Å². The van der Waals surface area contributed by atoms with Crippen LogP contribution in [0.3, 0.4) is 0 Å². The molecule has 210 valence electrons. The van der Waals surface area contributed by atoms with Crippen molar-refractivity contribution in [3.05, 3.63) is 59.4 Å². The fraction of sp³-hybridized carbons (Fsp3) is 0.586. The number of nitrogens with one attached hydrogen (secondary N) is 1. The molecule has 0 bridgehead atoms. The molecule has 38 heavy (non-hydrogen) atoms. The Kier molecular flexibility index (Phi) is 14.1. The predicted molar refractivity (Wildman–Crippen MR) is 146 cm³/mol. The number of nitrogens with zero attached hydrogens (tertiary/aromatic N) is 1. The number of carbonyl (C=O) groups excluding carboxylic acids is 2. The number of nitrogens with two attached hydrogens (primary N) is 1. The maximum atomic E-state index is 13.2. The molecular formula is C29H43N3O6. The van der Waals surface area contributed by atoms with Gasteiger partial charge in [0.2, 0.25) is 11.8 Å². The second-order valence-corrected chi connectivity index (χ2v) is 9.29. The average Bonchev–Trinajstić information content (AvgIpc) is 2.93. The van der Waals surface area contributed by atoms with Crippen LogP contribution in [-0.4, -0.2) is 89.2 Å². The van der Waals surface area contributed by atoms with E-state index in [0.29, 0.717) is 78.4 Å². The molecule has 0 saturated carbocycles. The highest BCUT2D eigenvalue weighted by Gasteiger charge is 2.26. The zero-order valence-corrected chi connectivity index (χ0v) is 22.4. The molecule has 3 rings (SSSR count). The van der Waals surface area contributed by atoms with Crippen molar-refractivity contribution in [1.29, 1.82) is 0 Å². The summed E-state index contributed by atoms with van der Waals surface area (Å²) in [5, 5.41) is 2.83. The van der Waals surface area contributed by atoms with Gasteiger partial charge in [-0.2, -0.15) is 0 Å². The van der Waals surface area contributed by atoms with Crippen molar-refractivity contribution in [3.63, 3.8) is 0 Å². The Morgan fingerprint density at radius 3 is 2.37 bits per heavy atom. The first kappa shape index (κ1) is 30.0. The van der Waals surface area contributed by atoms with E-state index >= 15 is 0 Å². The van der Waals surface area contributed by atoms with Crippen LogP contribution in [0, 0.1) is 5.92 Å². The summed E-state index contributed by atoms with van der Waals surface area (Å²) in [6.45, 7) is 5.34. The number of rotatable bonds is 17. The maximum absolute atomic E-state index is 13.2. The average molecular weight is 530 g/mol. The van der Waals surface area contributed by atoms with Gasteiger partial charge in [-0.1, -0.05) is 36.5 Å². The van der Waals surface area contributed by atoms with Gasteiger partial charge in [0.15, 0.2) is 0 Å². The molecule has 0 aromatic heterocycles. The van der Waals surface area contributed by atoms with Crippen LogP contribution in [0.25, 0.3) is 0 Å². The molecule has 1 heterocycles. The Morgan fingerprint density at radius 2 is 1.63 bits per heavy atom. The minimum Gasteiger partial charge on any atom is -0.378 e. The zero-order valence-electron chi connectivity index (χ0n) is 22.4. The summed E-state index contributed by atoms with van der Waals surface area (Å²) in [6, 6.07) is 0. The fourth-order valence-electron chi connectivity index (χ4n) is 4.44. The summed E-state index contributed by atoms with van der Waals surface area (Å²) in [5.74, 6) is 0.150. The number of hydrogen-bond donors (Lipinski definition) is 2. The first-order valence-corrected chi connectivity index (χ1v) is 13.7. The topological polar surface area (TPSA) is 112 Å². The van der Waals surface area contributed by atoms with Gasteiger partial charge in [-0.05, 0) is 36.5 Å². The maximum Gasteiger partial charge on any atom is 0.227 e. The second-order valence-electron chi connectivity index (χ2n) is 9.29. The van der Waals surface area contributed by atoms with Gasteiger partial charge in [-0.15, -0.1) is 0 Å². The van der Waals surface area contributed by atoms with Crippen LogP contribution < -0.4 is 11.1 Å². The third kappa shape index (κ3) is 10.7. The molecule has 2 amide bonds. The highest BCUT2D eigenvalue weighted by atomic mass is 16.6. The third-order valence-electron chi connectivity index (χ3n) is 6.47. The molecule has 1 unspecified atom stereocenters. The van der Waals surface area contributed by atoms with Crippen molar-refractivity contribution in [2.45, 2.75) is 32.1 Å². The van der Waals surface area contributed by atoms with Gasteiger partial charge in [0.05, 0.1) is 52.9 Å². The molecule has 0 spiro atoms. The fourth-order valence-corrected chi connectivity index (χ4v) is 4.44. The van der Waals surface area contributed by atoms with Crippen LogP contribution in [0.2, 0.25) is 0 Å². The minimum absolute atomic E-state index is 0.0239. The van der Waals surface area contributed by atoms with E-state index < -0.39 is 0 Å². The number of hydrogen-bond acceptors (Lipinski definition) is 7. The van der Waals surface area contributed by atoms with Crippen molar-refractivity contribution < 1.29 is 28.5 Å². The van der Waals surface area contributed by atoms with Crippen LogP contribution >= 0.6 is 0 Å². The molecule has 3 aliphatic rings. The normalized spacial score (nSPS) is 19.3. The van der Waals surface area contributed by atoms with Gasteiger partial charge in [0.1, 0.15) is 0 Å². The largest absolute Gasteiger partial charge is 0.378 e. The molecule has 0 aromatic carbocycles. The number of carbonyl (C=O) groups is 2. The molecule has 9 heteroatoms. The molecule has 0 aromatic rings. The Bertz CT molecular complexity index is 908. The minimum atomic E-state index is -0.149. The Balaban J connectivity index is 1.28. The van der Waals surface area contributed by atoms with Crippen LogP contribution in [0.4, 0.5) is 0 Å². The highest BCUT2D eigenvalue weighted by molar-refractivity contribution is 5.85. The standard InChI is InChI=1S/C29H43N3O6/c30-13-15-35-17-19-37-21-22-38-20-18-36-16-14-31-28(33)11-12-29(34)32-23-26-7-2-1-5-24(26)9-10-25-6-3-4-8-27(25)32/h1-2,4,7-10,24H,3,5-6,11-23,30H2,(H,31,33)/b10-9-. The van der Waals surface area contributed by atoms with E-state index in [9.17, 15) is 9.59 Å². The van der Waals surface area contributed by atoms with Gasteiger partial charge < -0.3 is 34.9 Å². The molecule has 0 fully saturated rings. The van der Waals surface area contributed by atoms with Crippen molar-refractivity contribution >= 4 is 11.8 Å². The first-order valence-electron chi connectivity index (χ1n) is 13.7. The van der Waals surface area contributed by atoms with E-state index in [0.717, 1.165) is 25.0 Å². The summed E-state index contributed by atoms with van der Waals surface area (Å²) in [5.41, 5.74) is 8.72. The molecule has 9 nitrogen and oxygen atoms in total. The Hall–Kier alpha value is -2.56. The SMILES string of the molecule is NCCOCCOCCOCCOCCNC(=O)CCC(=O)N1CC2=CC=CCC2/C=C\C2=C1C=CCC2. The van der Waals surface area contributed by atoms with Gasteiger partial charge in [0.25, 0.3) is 0 Å². The van der Waals surface area contributed by atoms with Crippen LogP contribution in [-0.2, 0) is 28.5 Å². The Morgan fingerprint density at radius 1 is 0.921 bits per heavy atom. The monoisotopic (exact) mass is 529 g/mol. The number of allylic oxidation sites excluding steroid dienone is 8. The molecule has 1 atom stereocenters. The van der Waals surface area contributed by atoms with E-state index in [2.05, 4.69) is 47.8 Å². The molecule has 0 radical (unpaired) electrons. The molecule has 0 saturated heterocycles. The summed E-state index contributed by atoms with van der Waals surface area (Å²) in [4.78, 5) is 27.4. The lowest BCUT2D eigenvalue weighted by Crippen LogP contribution is -2.36. The third-order valence-corrected chi connectivity index (χ3v) is 6.47. The van der Waals surface area contributed by atoms with E-state index in [4.69, 9.17) is 24.7 Å². The van der Waals surface area contributed by atoms with Gasteiger partial charge in [0, 0.05) is 44.1 Å². The summed E-state index contributed by atoms with van der Waals surface area (Å²) < 4.78 is 21.5. The highest BCUT2D eigenvalue weighted by Crippen LogP contribution is 2.32. The van der Waals surface area contributed by atoms with E-state index in [1.807, 2.05) is 4.90 Å². The van der Waals surface area contributed by atoms with Gasteiger partial charge in [-0.25, -0.2) is 0 Å². The number of fused-ring (bicyclic) bond motifs is 1. The van der Waals surface area contributed by atoms with Crippen molar-refractivity contribution in [3.8, 4) is 0 Å². The first-order chi connectivity index (χ1) is 18.7. The number of amides is 2. The Labute approximate surface area is 226 Å². The van der Waals surface area contributed by atoms with Crippen LogP contribution in [0.15, 0.2) is 59.4 Å². The molecule has 1 aliphatic heterocycles. The zero-order chi connectivity index (χ0) is 26.8. The van der Waals surface area contributed by atoms with Gasteiger partial charge >= 0.3 is 0 Å². The second kappa shape index (κ2) is 17.9. The predicted octanol–water partition coefficient (Wildman–Crippen LogP) is 2.41. The number of ether oxygens (including phenoxy) is 4. The van der Waals surface area contributed by atoms with Crippen molar-refractivity contribution in [2.75, 3.05) is 72.5 Å². The van der Waals surface area contributed by atoms with Crippen LogP contribution in [0.1, 0.15) is 32.1 Å². The molecular weight excluding hydrogens is 486 g/mol. The summed E-state index contributed by atoms with van der Waals surface area (Å²) in [6.07, 6.45) is 18.2. The molecule has 3 N–H and O–H groups in total. The van der Waals surface area contributed by atoms with Crippen molar-refractivity contribution in [2.24, 2.45) is 11.7 Å². The van der Waals surface area contributed by atoms with Gasteiger partial charge in [-0.3, -0.25) is 9.59 Å². The van der Waals surface area contributed by atoms with Crippen molar-refractivity contribution in [1.82, 2.24) is 10.2 Å². The summed E-state index contributed by atoms with van der Waals surface area (Å²) in [7, 11) is 0.